The van der Waals surface area contributed by atoms with E-state index in [0.29, 0.717) is 0 Å². The molecular formula is C5H12NO. The van der Waals surface area contributed by atoms with Gasteiger partial charge in [0, 0.05) is 6.54 Å². The summed E-state index contributed by atoms with van der Waals surface area (Å²) < 4.78 is 0. The molecule has 2 nitrogen and oxygen atoms in total. The third kappa shape index (κ3) is 2.60. The number of hydrogen-bond donors (Lipinski definition) is 1. The third-order valence-electron chi connectivity index (χ3n) is 0.979. The van der Waals surface area contributed by atoms with Gasteiger partial charge in [0.1, 0.15) is 0 Å². The van der Waals surface area contributed by atoms with Crippen molar-refractivity contribution in [2.75, 3.05) is 6.54 Å². The molecule has 0 spiro atoms. The quantitative estimate of drug-likeness (QED) is 0.535. The predicted molar refractivity (Wildman–Crippen MR) is 28.8 cm³/mol. The van der Waals surface area contributed by atoms with Crippen LogP contribution >= 0.6 is 0 Å². The van der Waals surface area contributed by atoms with Gasteiger partial charge in [0.2, 0.25) is 0 Å². The SMILES string of the molecule is CC(C)C(O)C[NH]. The molecule has 0 rings (SSSR count). The Morgan fingerprint density at radius 2 is 2.00 bits per heavy atom. The van der Waals surface area contributed by atoms with Gasteiger partial charge in [0.05, 0.1) is 6.10 Å². The van der Waals surface area contributed by atoms with Gasteiger partial charge < -0.3 is 5.11 Å². The van der Waals surface area contributed by atoms with Gasteiger partial charge in [-0.3, -0.25) is 5.73 Å². The van der Waals surface area contributed by atoms with E-state index in [4.69, 9.17) is 10.8 Å². The first-order chi connectivity index (χ1) is 3.18. The molecule has 2 N–H and O–H groups in total. The van der Waals surface area contributed by atoms with Crippen LogP contribution < -0.4 is 5.73 Å². The monoisotopic (exact) mass is 102 g/mol. The fourth-order valence-electron chi connectivity index (χ4n) is 0.236. The summed E-state index contributed by atoms with van der Waals surface area (Å²) in [5.74, 6) is 0.234. The molecule has 0 saturated heterocycles. The zero-order valence-electron chi connectivity index (χ0n) is 4.81. The Balaban J connectivity index is 3.14. The molecule has 2 heteroatoms. The Morgan fingerprint density at radius 3 is 2.00 bits per heavy atom. The molecule has 1 unspecified atom stereocenters. The van der Waals surface area contributed by atoms with Crippen molar-refractivity contribution in [1.29, 1.82) is 0 Å². The lowest BCUT2D eigenvalue weighted by Crippen LogP contribution is -2.19. The molecule has 0 aliphatic heterocycles. The van der Waals surface area contributed by atoms with E-state index in [1.165, 1.54) is 0 Å². The van der Waals surface area contributed by atoms with Gasteiger partial charge in [-0.1, -0.05) is 13.8 Å². The number of nitrogens with one attached hydrogen (secondary N) is 1. The highest BCUT2D eigenvalue weighted by atomic mass is 16.3. The Hall–Kier alpha value is -0.0800. The van der Waals surface area contributed by atoms with Crippen molar-refractivity contribution in [2.24, 2.45) is 5.92 Å². The fourth-order valence-corrected chi connectivity index (χ4v) is 0.236. The predicted octanol–water partition coefficient (Wildman–Crippen LogP) is 0.286. The van der Waals surface area contributed by atoms with E-state index in [9.17, 15) is 0 Å². The summed E-state index contributed by atoms with van der Waals surface area (Å²) >= 11 is 0. The highest BCUT2D eigenvalue weighted by Crippen LogP contribution is 1.97. The molecule has 0 amide bonds. The highest BCUT2D eigenvalue weighted by Gasteiger charge is 2.04. The van der Waals surface area contributed by atoms with Gasteiger partial charge in [0.25, 0.3) is 0 Å². The summed E-state index contributed by atoms with van der Waals surface area (Å²) in [5.41, 5.74) is 6.69. The van der Waals surface area contributed by atoms with Crippen molar-refractivity contribution in [2.45, 2.75) is 20.0 Å². The standard InChI is InChI=1S/C5H12NO/c1-4(2)5(7)3-6/h4-7H,3H2,1-2H3. The second-order valence-electron chi connectivity index (χ2n) is 2.02. The lowest BCUT2D eigenvalue weighted by Gasteiger charge is -2.08. The number of rotatable bonds is 2. The van der Waals surface area contributed by atoms with Crippen LogP contribution in [0.25, 0.3) is 0 Å². The lowest BCUT2D eigenvalue weighted by atomic mass is 10.1. The molecule has 0 aliphatic rings. The Labute approximate surface area is 44.3 Å². The minimum atomic E-state index is -0.431. The van der Waals surface area contributed by atoms with E-state index in [1.54, 1.807) is 0 Å². The number of aliphatic hydroxyl groups is 1. The topological polar surface area (TPSA) is 44.0 Å². The molecule has 0 heterocycles. The summed E-state index contributed by atoms with van der Waals surface area (Å²) in [4.78, 5) is 0. The molecule has 1 atom stereocenters. The maximum absolute atomic E-state index is 8.75. The van der Waals surface area contributed by atoms with E-state index >= 15 is 0 Å². The molecule has 7 heavy (non-hydrogen) atoms. The van der Waals surface area contributed by atoms with E-state index < -0.39 is 6.10 Å². The van der Waals surface area contributed by atoms with Gasteiger partial charge in [-0.05, 0) is 5.92 Å². The van der Waals surface area contributed by atoms with Crippen LogP contribution in [0.4, 0.5) is 0 Å². The smallest absolute Gasteiger partial charge is 0.0701 e. The van der Waals surface area contributed by atoms with E-state index in [1.807, 2.05) is 13.8 Å². The largest absolute Gasteiger partial charge is 0.391 e. The van der Waals surface area contributed by atoms with Crippen LogP contribution in [-0.4, -0.2) is 17.8 Å². The van der Waals surface area contributed by atoms with Gasteiger partial charge in [-0.25, -0.2) is 0 Å². The van der Waals surface area contributed by atoms with Gasteiger partial charge >= 0.3 is 0 Å². The maximum Gasteiger partial charge on any atom is 0.0701 e. The van der Waals surface area contributed by atoms with E-state index in [2.05, 4.69) is 0 Å². The zero-order chi connectivity index (χ0) is 5.86. The molecule has 43 valence electrons. The van der Waals surface area contributed by atoms with E-state index in [-0.39, 0.29) is 12.5 Å². The summed E-state index contributed by atoms with van der Waals surface area (Å²) in [5, 5.41) is 8.75. The summed E-state index contributed by atoms with van der Waals surface area (Å²) in [6.45, 7) is 3.93. The van der Waals surface area contributed by atoms with Crippen LogP contribution in [0, 0.1) is 5.92 Å². The fraction of sp³-hybridized carbons (Fsp3) is 1.00. The van der Waals surface area contributed by atoms with Crippen molar-refractivity contribution < 1.29 is 5.11 Å². The zero-order valence-corrected chi connectivity index (χ0v) is 4.81. The molecule has 0 aromatic carbocycles. The summed E-state index contributed by atoms with van der Waals surface area (Å²) in [6.07, 6.45) is -0.431. The molecule has 0 saturated carbocycles. The molecule has 0 fully saturated rings. The third-order valence-corrected chi connectivity index (χ3v) is 0.979. The van der Waals surface area contributed by atoms with E-state index in [0.717, 1.165) is 0 Å². The van der Waals surface area contributed by atoms with Gasteiger partial charge in [0.15, 0.2) is 0 Å². The molecule has 0 aromatic heterocycles. The average molecular weight is 102 g/mol. The Kier molecular flexibility index (Phi) is 2.96. The second kappa shape index (κ2) is 2.99. The van der Waals surface area contributed by atoms with Crippen LogP contribution in [0.2, 0.25) is 0 Å². The van der Waals surface area contributed by atoms with Crippen LogP contribution in [0.15, 0.2) is 0 Å². The molecule has 0 bridgehead atoms. The lowest BCUT2D eigenvalue weighted by molar-refractivity contribution is 0.132. The van der Waals surface area contributed by atoms with Crippen LogP contribution in [0.5, 0.6) is 0 Å². The first-order valence-electron chi connectivity index (χ1n) is 2.51. The Morgan fingerprint density at radius 1 is 1.57 bits per heavy atom. The highest BCUT2D eigenvalue weighted by molar-refractivity contribution is 4.57. The van der Waals surface area contributed by atoms with Gasteiger partial charge in [-0.2, -0.15) is 0 Å². The molecule has 0 aliphatic carbocycles. The van der Waals surface area contributed by atoms with Crippen LogP contribution in [-0.2, 0) is 0 Å². The molecular weight excluding hydrogens is 90.1 g/mol. The van der Waals surface area contributed by atoms with Crippen molar-refractivity contribution in [1.82, 2.24) is 5.73 Å². The van der Waals surface area contributed by atoms with Crippen LogP contribution in [0.3, 0.4) is 0 Å². The van der Waals surface area contributed by atoms with Crippen molar-refractivity contribution in [3.05, 3.63) is 0 Å². The number of aliphatic hydroxyl groups excluding tert-OH is 1. The summed E-state index contributed by atoms with van der Waals surface area (Å²) in [7, 11) is 0. The minimum Gasteiger partial charge on any atom is -0.391 e. The summed E-state index contributed by atoms with van der Waals surface area (Å²) in [6, 6.07) is 0. The average Bonchev–Trinajstić information content (AvgIpc) is 1.65. The van der Waals surface area contributed by atoms with Crippen LogP contribution in [0.1, 0.15) is 13.8 Å². The van der Waals surface area contributed by atoms with Crippen molar-refractivity contribution in [3.8, 4) is 0 Å². The number of hydrogen-bond acceptors (Lipinski definition) is 1. The minimum absolute atomic E-state index is 0.123. The maximum atomic E-state index is 8.75. The Bertz CT molecular complexity index is 45.3. The van der Waals surface area contributed by atoms with Crippen molar-refractivity contribution >= 4 is 0 Å². The first-order valence-corrected chi connectivity index (χ1v) is 2.51. The first kappa shape index (κ1) is 6.92. The molecule has 1 radical (unpaired) electrons. The second-order valence-corrected chi connectivity index (χ2v) is 2.02. The normalized spacial score (nSPS) is 15.0. The van der Waals surface area contributed by atoms with Gasteiger partial charge in [-0.15, -0.1) is 0 Å². The van der Waals surface area contributed by atoms with Crippen molar-refractivity contribution in [3.63, 3.8) is 0 Å². The molecule has 0 aromatic rings.